The number of nitrogens with one attached hydrogen (secondary N) is 1. The fourth-order valence-electron chi connectivity index (χ4n) is 0.781. The van der Waals surface area contributed by atoms with Crippen LogP contribution in [0.5, 0.6) is 0 Å². The molecule has 1 heterocycles. The molecular weight excluding hydrogens is 204 g/mol. The van der Waals surface area contributed by atoms with E-state index in [4.69, 9.17) is 0 Å². The lowest BCUT2D eigenvalue weighted by Crippen LogP contribution is -2.02. The molecule has 0 aliphatic heterocycles. The molecule has 1 aromatic rings. The first kappa shape index (κ1) is 11.8. The zero-order valence-corrected chi connectivity index (χ0v) is 8.14. The molecule has 0 amide bonds. The van der Waals surface area contributed by atoms with Crippen molar-refractivity contribution in [1.29, 1.82) is 0 Å². The SMILES string of the molecule is CNCc1ccc(C(F)F)s1.Cl. The maximum absolute atomic E-state index is 12.0. The van der Waals surface area contributed by atoms with Crippen LogP contribution in [0.4, 0.5) is 8.78 Å². The van der Waals surface area contributed by atoms with Gasteiger partial charge < -0.3 is 5.32 Å². The Hall–Kier alpha value is -0.190. The van der Waals surface area contributed by atoms with E-state index in [2.05, 4.69) is 5.32 Å². The van der Waals surface area contributed by atoms with Gasteiger partial charge in [-0.25, -0.2) is 8.78 Å². The highest BCUT2D eigenvalue weighted by Gasteiger charge is 2.08. The van der Waals surface area contributed by atoms with E-state index in [0.717, 1.165) is 16.2 Å². The lowest BCUT2D eigenvalue weighted by molar-refractivity contribution is 0.155. The second-order valence-electron chi connectivity index (χ2n) is 2.14. The number of alkyl halides is 2. The van der Waals surface area contributed by atoms with Crippen molar-refractivity contribution in [3.05, 3.63) is 21.9 Å². The van der Waals surface area contributed by atoms with Crippen LogP contribution in [0, 0.1) is 0 Å². The summed E-state index contributed by atoms with van der Waals surface area (Å²) in [6.45, 7) is 0.664. The molecule has 0 radical (unpaired) electrons. The first-order valence-corrected chi connectivity index (χ1v) is 4.07. The van der Waals surface area contributed by atoms with Gasteiger partial charge in [0.2, 0.25) is 0 Å². The molecule has 0 aliphatic rings. The van der Waals surface area contributed by atoms with Crippen LogP contribution in [-0.4, -0.2) is 7.05 Å². The summed E-state index contributed by atoms with van der Waals surface area (Å²) in [7, 11) is 1.79. The predicted octanol–water partition coefficient (Wildman–Crippen LogP) is 2.83. The van der Waals surface area contributed by atoms with Gasteiger partial charge in [-0.15, -0.1) is 23.7 Å². The van der Waals surface area contributed by atoms with Gasteiger partial charge in [0, 0.05) is 11.4 Å². The first-order chi connectivity index (χ1) is 5.24. The Morgan fingerprint density at radius 1 is 1.50 bits per heavy atom. The second kappa shape index (κ2) is 5.45. The molecule has 0 aromatic carbocycles. The molecular formula is C7H10ClF2NS. The van der Waals surface area contributed by atoms with E-state index in [1.165, 1.54) is 6.07 Å². The predicted molar refractivity (Wildman–Crippen MR) is 49.3 cm³/mol. The third kappa shape index (κ3) is 3.05. The Morgan fingerprint density at radius 2 is 2.17 bits per heavy atom. The zero-order valence-electron chi connectivity index (χ0n) is 6.51. The smallest absolute Gasteiger partial charge is 0.272 e. The lowest BCUT2D eigenvalue weighted by Gasteiger charge is -1.92. The zero-order chi connectivity index (χ0) is 8.27. The standard InChI is InChI=1S/C7H9F2NS.ClH/c1-10-4-5-2-3-6(11-5)7(8)9;/h2-3,7,10H,4H2,1H3;1H. The third-order valence-electron chi connectivity index (χ3n) is 1.25. The van der Waals surface area contributed by atoms with Crippen LogP contribution in [0.2, 0.25) is 0 Å². The van der Waals surface area contributed by atoms with Gasteiger partial charge in [0.05, 0.1) is 4.88 Å². The van der Waals surface area contributed by atoms with E-state index >= 15 is 0 Å². The normalized spacial score (nSPS) is 10.0. The summed E-state index contributed by atoms with van der Waals surface area (Å²) in [5.41, 5.74) is 0. The molecule has 0 aliphatic carbocycles. The number of thiophene rings is 1. The summed E-state index contributed by atoms with van der Waals surface area (Å²) < 4.78 is 24.0. The summed E-state index contributed by atoms with van der Waals surface area (Å²) in [5.74, 6) is 0. The van der Waals surface area contributed by atoms with Crippen molar-refractivity contribution in [2.75, 3.05) is 7.05 Å². The molecule has 0 bridgehead atoms. The van der Waals surface area contributed by atoms with Gasteiger partial charge in [-0.1, -0.05) is 0 Å². The second-order valence-corrected chi connectivity index (χ2v) is 3.34. The molecule has 0 fully saturated rings. The van der Waals surface area contributed by atoms with E-state index < -0.39 is 6.43 Å². The maximum atomic E-state index is 12.0. The highest BCUT2D eigenvalue weighted by Crippen LogP contribution is 2.26. The molecule has 1 nitrogen and oxygen atoms in total. The summed E-state index contributed by atoms with van der Waals surface area (Å²) in [4.78, 5) is 1.10. The summed E-state index contributed by atoms with van der Waals surface area (Å²) in [6, 6.07) is 3.20. The lowest BCUT2D eigenvalue weighted by atomic mass is 10.4. The topological polar surface area (TPSA) is 12.0 Å². The van der Waals surface area contributed by atoms with Gasteiger partial charge in [0.1, 0.15) is 0 Å². The van der Waals surface area contributed by atoms with Gasteiger partial charge >= 0.3 is 0 Å². The Morgan fingerprint density at radius 3 is 2.58 bits per heavy atom. The van der Waals surface area contributed by atoms with E-state index in [9.17, 15) is 8.78 Å². The average molecular weight is 214 g/mol. The Bertz CT molecular complexity index is 227. The average Bonchev–Trinajstić information content (AvgIpc) is 2.37. The van der Waals surface area contributed by atoms with Crippen LogP contribution in [-0.2, 0) is 6.54 Å². The van der Waals surface area contributed by atoms with Crippen molar-refractivity contribution in [2.45, 2.75) is 13.0 Å². The van der Waals surface area contributed by atoms with Crippen LogP contribution in [0.3, 0.4) is 0 Å². The highest BCUT2D eigenvalue weighted by molar-refractivity contribution is 7.12. The summed E-state index contributed by atoms with van der Waals surface area (Å²) in [5, 5.41) is 2.90. The van der Waals surface area contributed by atoms with Gasteiger partial charge in [-0.3, -0.25) is 0 Å². The molecule has 70 valence electrons. The van der Waals surface area contributed by atoms with Crippen molar-refractivity contribution in [1.82, 2.24) is 5.32 Å². The maximum Gasteiger partial charge on any atom is 0.272 e. The minimum Gasteiger partial charge on any atom is -0.315 e. The number of hydrogen-bond donors (Lipinski definition) is 1. The Kier molecular flexibility index (Phi) is 5.37. The van der Waals surface area contributed by atoms with Crippen LogP contribution in [0.15, 0.2) is 12.1 Å². The molecule has 0 unspecified atom stereocenters. The largest absolute Gasteiger partial charge is 0.315 e. The molecule has 0 saturated heterocycles. The van der Waals surface area contributed by atoms with Crippen molar-refractivity contribution in [3.8, 4) is 0 Å². The molecule has 0 saturated carbocycles. The highest BCUT2D eigenvalue weighted by atomic mass is 35.5. The van der Waals surface area contributed by atoms with Crippen molar-refractivity contribution < 1.29 is 8.78 Å². The fourth-order valence-corrected chi connectivity index (χ4v) is 1.66. The van der Waals surface area contributed by atoms with Crippen molar-refractivity contribution in [2.24, 2.45) is 0 Å². The van der Waals surface area contributed by atoms with Crippen LogP contribution < -0.4 is 5.32 Å². The minimum absolute atomic E-state index is 0. The van der Waals surface area contributed by atoms with E-state index in [0.29, 0.717) is 6.54 Å². The van der Waals surface area contributed by atoms with Gasteiger partial charge in [-0.05, 0) is 19.2 Å². The van der Waals surface area contributed by atoms with Gasteiger partial charge in [-0.2, -0.15) is 0 Å². The van der Waals surface area contributed by atoms with E-state index in [-0.39, 0.29) is 17.3 Å². The first-order valence-electron chi connectivity index (χ1n) is 3.25. The van der Waals surface area contributed by atoms with Gasteiger partial charge in [0.25, 0.3) is 6.43 Å². The fraction of sp³-hybridized carbons (Fsp3) is 0.429. The molecule has 5 heteroatoms. The molecule has 0 spiro atoms. The van der Waals surface area contributed by atoms with Crippen molar-refractivity contribution >= 4 is 23.7 Å². The van der Waals surface area contributed by atoms with E-state index in [1.54, 1.807) is 13.1 Å². The quantitative estimate of drug-likeness (QED) is 0.814. The minimum atomic E-state index is -2.33. The van der Waals surface area contributed by atoms with Gasteiger partial charge in [0.15, 0.2) is 0 Å². The molecule has 0 atom stereocenters. The van der Waals surface area contributed by atoms with Crippen LogP contribution >= 0.6 is 23.7 Å². The number of rotatable bonds is 3. The van der Waals surface area contributed by atoms with Crippen LogP contribution in [0.25, 0.3) is 0 Å². The monoisotopic (exact) mass is 213 g/mol. The number of hydrogen-bond acceptors (Lipinski definition) is 2. The molecule has 1 aromatic heterocycles. The van der Waals surface area contributed by atoms with Crippen molar-refractivity contribution in [3.63, 3.8) is 0 Å². The molecule has 1 N–H and O–H groups in total. The Balaban J connectivity index is 0.00000121. The Labute approximate surface area is 80.2 Å². The summed E-state index contributed by atoms with van der Waals surface area (Å²) >= 11 is 1.15. The molecule has 12 heavy (non-hydrogen) atoms. The molecule has 1 rings (SSSR count). The number of halogens is 3. The summed E-state index contributed by atoms with van der Waals surface area (Å²) in [6.07, 6.45) is -2.33. The van der Waals surface area contributed by atoms with Crippen LogP contribution in [0.1, 0.15) is 16.2 Å². The van der Waals surface area contributed by atoms with E-state index in [1.807, 2.05) is 0 Å². The third-order valence-corrected chi connectivity index (χ3v) is 2.34.